The summed E-state index contributed by atoms with van der Waals surface area (Å²) in [5.41, 5.74) is 2.49. The minimum Gasteiger partial charge on any atom is -0.487 e. The van der Waals surface area contributed by atoms with E-state index in [9.17, 15) is 8.60 Å². The second-order valence-corrected chi connectivity index (χ2v) is 9.35. The topological polar surface area (TPSA) is 65.2 Å². The molecule has 0 aliphatic rings. The maximum atomic E-state index is 13.7. The van der Waals surface area contributed by atoms with Crippen LogP contribution in [0.15, 0.2) is 54.6 Å². The van der Waals surface area contributed by atoms with Gasteiger partial charge in [-0.05, 0) is 50.1 Å². The molecule has 1 aromatic heterocycles. The fourth-order valence-corrected chi connectivity index (χ4v) is 3.68. The first-order valence-corrected chi connectivity index (χ1v) is 10.4. The number of aromatic nitrogens is 1. The third-order valence-corrected chi connectivity index (χ3v) is 6.07. The highest BCUT2D eigenvalue weighted by atomic mass is 32.2. The van der Waals surface area contributed by atoms with Gasteiger partial charge in [0.1, 0.15) is 18.2 Å². The van der Waals surface area contributed by atoms with Crippen LogP contribution in [0.4, 0.5) is 4.39 Å². The molecule has 3 rings (SSSR count). The van der Waals surface area contributed by atoms with Gasteiger partial charge in [-0.2, -0.15) is 0 Å². The lowest BCUT2D eigenvalue weighted by Crippen LogP contribution is -2.33. The highest BCUT2D eigenvalue weighted by Crippen LogP contribution is 2.35. The standard InChI is InChI=1S/C22H25FN2O2S/c1-15(13-22(2,3)28(24)26)21-20(27-14-16-7-5-4-6-8-16)12-17-11-18(23)9-10-19(17)25-21/h4-12,15H,13-14,24H2,1-3H3/t15-,28?/m0/s1. The van der Waals surface area contributed by atoms with Crippen molar-refractivity contribution in [2.45, 2.75) is 44.5 Å². The molecule has 0 radical (unpaired) electrons. The van der Waals surface area contributed by atoms with E-state index in [2.05, 4.69) is 0 Å². The number of halogens is 1. The van der Waals surface area contributed by atoms with Crippen molar-refractivity contribution in [2.75, 3.05) is 0 Å². The first-order valence-electron chi connectivity index (χ1n) is 9.19. The van der Waals surface area contributed by atoms with E-state index in [-0.39, 0.29) is 11.7 Å². The van der Waals surface area contributed by atoms with Gasteiger partial charge in [0.15, 0.2) is 0 Å². The first kappa shape index (κ1) is 20.4. The molecule has 1 heterocycles. The van der Waals surface area contributed by atoms with Gasteiger partial charge in [0, 0.05) is 11.3 Å². The van der Waals surface area contributed by atoms with Crippen molar-refractivity contribution >= 4 is 21.9 Å². The van der Waals surface area contributed by atoms with Crippen LogP contribution in [0.3, 0.4) is 0 Å². The Hall–Kier alpha value is -2.31. The number of pyridine rings is 1. The molecule has 2 aromatic carbocycles. The van der Waals surface area contributed by atoms with E-state index in [4.69, 9.17) is 14.9 Å². The van der Waals surface area contributed by atoms with Crippen LogP contribution in [0.25, 0.3) is 10.9 Å². The molecule has 1 unspecified atom stereocenters. The highest BCUT2D eigenvalue weighted by Gasteiger charge is 2.29. The summed E-state index contributed by atoms with van der Waals surface area (Å²) >= 11 is 0. The summed E-state index contributed by atoms with van der Waals surface area (Å²) in [6, 6.07) is 16.2. The quantitative estimate of drug-likeness (QED) is 0.617. The Bertz CT molecular complexity index is 992. The number of rotatable bonds is 7. The molecule has 28 heavy (non-hydrogen) atoms. The van der Waals surface area contributed by atoms with Gasteiger partial charge in [-0.15, -0.1) is 0 Å². The third-order valence-electron chi connectivity index (χ3n) is 4.82. The zero-order valence-corrected chi connectivity index (χ0v) is 17.1. The minimum atomic E-state index is -1.46. The molecule has 2 N–H and O–H groups in total. The molecule has 6 heteroatoms. The number of hydrogen-bond donors (Lipinski definition) is 1. The third kappa shape index (κ3) is 4.75. The van der Waals surface area contributed by atoms with Gasteiger partial charge < -0.3 is 4.74 Å². The zero-order valence-electron chi connectivity index (χ0n) is 16.3. The summed E-state index contributed by atoms with van der Waals surface area (Å²) in [7, 11) is -1.46. The van der Waals surface area contributed by atoms with E-state index in [1.165, 1.54) is 12.1 Å². The molecule has 148 valence electrons. The van der Waals surface area contributed by atoms with Crippen LogP contribution in [-0.2, 0) is 17.6 Å². The van der Waals surface area contributed by atoms with Crippen LogP contribution in [0.5, 0.6) is 5.75 Å². The Kier molecular flexibility index (Phi) is 6.10. The van der Waals surface area contributed by atoms with Crippen LogP contribution in [-0.4, -0.2) is 13.9 Å². The summed E-state index contributed by atoms with van der Waals surface area (Å²) < 4.78 is 31.1. The van der Waals surface area contributed by atoms with E-state index in [0.717, 1.165) is 11.3 Å². The molecule has 0 bridgehead atoms. The lowest BCUT2D eigenvalue weighted by Gasteiger charge is -2.26. The highest BCUT2D eigenvalue weighted by molar-refractivity contribution is 7.84. The smallest absolute Gasteiger partial charge is 0.142 e. The predicted octanol–water partition coefficient (Wildman–Crippen LogP) is 4.85. The molecule has 2 atom stereocenters. The lowest BCUT2D eigenvalue weighted by molar-refractivity contribution is 0.299. The van der Waals surface area contributed by atoms with Crippen LogP contribution in [0.1, 0.15) is 44.4 Å². The van der Waals surface area contributed by atoms with Crippen molar-refractivity contribution in [1.29, 1.82) is 0 Å². The summed E-state index contributed by atoms with van der Waals surface area (Å²) in [5, 5.41) is 6.34. The normalized spacial score (nSPS) is 14.0. The summed E-state index contributed by atoms with van der Waals surface area (Å²) in [5.74, 6) is 0.250. The fraction of sp³-hybridized carbons (Fsp3) is 0.318. The number of ether oxygens (including phenoxy) is 1. The Morgan fingerprint density at radius 3 is 2.57 bits per heavy atom. The van der Waals surface area contributed by atoms with Crippen molar-refractivity contribution in [3.8, 4) is 5.75 Å². The van der Waals surface area contributed by atoms with Gasteiger partial charge in [0.25, 0.3) is 0 Å². The van der Waals surface area contributed by atoms with Crippen molar-refractivity contribution in [1.82, 2.24) is 4.98 Å². The van der Waals surface area contributed by atoms with Crippen LogP contribution < -0.4 is 9.88 Å². The number of fused-ring (bicyclic) bond motifs is 1. The molecule has 0 fully saturated rings. The monoisotopic (exact) mass is 400 g/mol. The van der Waals surface area contributed by atoms with Crippen molar-refractivity contribution < 1.29 is 13.3 Å². The second-order valence-electron chi connectivity index (χ2n) is 7.65. The molecule has 0 saturated carbocycles. The molecule has 3 aromatic rings. The molecule has 0 aliphatic carbocycles. The molecule has 4 nitrogen and oxygen atoms in total. The van der Waals surface area contributed by atoms with E-state index in [1.54, 1.807) is 6.07 Å². The van der Waals surface area contributed by atoms with E-state index < -0.39 is 15.7 Å². The van der Waals surface area contributed by atoms with Gasteiger partial charge >= 0.3 is 0 Å². The summed E-state index contributed by atoms with van der Waals surface area (Å²) in [6.07, 6.45) is 0.581. The average Bonchev–Trinajstić information content (AvgIpc) is 2.65. The van der Waals surface area contributed by atoms with E-state index in [0.29, 0.717) is 29.7 Å². The van der Waals surface area contributed by atoms with Gasteiger partial charge in [-0.25, -0.2) is 13.6 Å². The molecule has 0 spiro atoms. The maximum Gasteiger partial charge on any atom is 0.142 e. The van der Waals surface area contributed by atoms with Gasteiger partial charge in [0.2, 0.25) is 0 Å². The summed E-state index contributed by atoms with van der Waals surface area (Å²) in [4.78, 5) is 4.74. The second kappa shape index (κ2) is 8.37. The van der Waals surface area contributed by atoms with Gasteiger partial charge in [0.05, 0.1) is 26.9 Å². The Labute approximate surface area is 167 Å². The maximum absolute atomic E-state index is 13.7. The van der Waals surface area contributed by atoms with Gasteiger partial charge in [-0.1, -0.05) is 37.3 Å². The number of hydrogen-bond acceptors (Lipinski definition) is 3. The largest absolute Gasteiger partial charge is 0.487 e. The number of nitrogens with zero attached hydrogens (tertiary/aromatic N) is 1. The van der Waals surface area contributed by atoms with Crippen molar-refractivity contribution in [3.63, 3.8) is 0 Å². The Morgan fingerprint density at radius 2 is 1.89 bits per heavy atom. The zero-order chi connectivity index (χ0) is 20.3. The number of benzene rings is 2. The van der Waals surface area contributed by atoms with Crippen LogP contribution >= 0.6 is 0 Å². The predicted molar refractivity (Wildman–Crippen MR) is 112 cm³/mol. The van der Waals surface area contributed by atoms with E-state index in [1.807, 2.05) is 57.2 Å². The first-order chi connectivity index (χ1) is 13.3. The fourth-order valence-electron chi connectivity index (χ4n) is 3.26. The van der Waals surface area contributed by atoms with Gasteiger partial charge in [-0.3, -0.25) is 5.14 Å². The Morgan fingerprint density at radius 1 is 1.18 bits per heavy atom. The number of nitrogens with two attached hydrogens (primary N) is 1. The van der Waals surface area contributed by atoms with Crippen molar-refractivity contribution in [3.05, 3.63) is 71.7 Å². The SMILES string of the molecule is C[C@@H](CC(C)(C)S(N)=O)c1nc2ccc(F)cc2cc1OCc1ccccc1. The molecule has 0 saturated heterocycles. The lowest BCUT2D eigenvalue weighted by atomic mass is 9.93. The summed E-state index contributed by atoms with van der Waals surface area (Å²) in [6.45, 7) is 6.15. The van der Waals surface area contributed by atoms with Crippen LogP contribution in [0.2, 0.25) is 0 Å². The molecular formula is C22H25FN2O2S. The Balaban J connectivity index is 1.97. The van der Waals surface area contributed by atoms with Crippen molar-refractivity contribution in [2.24, 2.45) is 5.14 Å². The molecule has 0 amide bonds. The van der Waals surface area contributed by atoms with E-state index >= 15 is 0 Å². The molecule has 0 aliphatic heterocycles. The molecular weight excluding hydrogens is 375 g/mol. The van der Waals surface area contributed by atoms with Crippen LogP contribution in [0, 0.1) is 5.82 Å². The minimum absolute atomic E-state index is 0.0391. The average molecular weight is 401 g/mol.